The molecule has 2 aromatic rings. The maximum absolute atomic E-state index is 13.4. The summed E-state index contributed by atoms with van der Waals surface area (Å²) in [6, 6.07) is 1.04. The average Bonchev–Trinajstić information content (AvgIpc) is 3.22. The third kappa shape index (κ3) is 4.72. The highest BCUT2D eigenvalue weighted by Crippen LogP contribution is 2.33. The molecular formula is C19H24F3N5O3. The number of rotatable bonds is 5. The van der Waals surface area contributed by atoms with Crippen LogP contribution in [0.2, 0.25) is 0 Å². The van der Waals surface area contributed by atoms with Gasteiger partial charge in [-0.1, -0.05) is 0 Å². The molecule has 1 amide bonds. The number of carbonyl (C=O) groups is 1. The van der Waals surface area contributed by atoms with Crippen LogP contribution in [-0.4, -0.2) is 69.4 Å². The van der Waals surface area contributed by atoms with Gasteiger partial charge < -0.3 is 14.4 Å². The Bertz CT molecular complexity index is 874. The molecule has 2 aliphatic rings. The minimum absolute atomic E-state index is 0.00724. The van der Waals surface area contributed by atoms with Gasteiger partial charge >= 0.3 is 6.18 Å². The van der Waals surface area contributed by atoms with Gasteiger partial charge in [-0.2, -0.15) is 27.8 Å². The van der Waals surface area contributed by atoms with E-state index in [0.717, 1.165) is 38.3 Å². The Balaban J connectivity index is 1.32. The third-order valence-electron chi connectivity index (χ3n) is 5.63. The molecule has 0 spiro atoms. The van der Waals surface area contributed by atoms with Gasteiger partial charge in [-0.3, -0.25) is 4.79 Å². The summed E-state index contributed by atoms with van der Waals surface area (Å²) in [5.41, 5.74) is -0.558. The van der Waals surface area contributed by atoms with Crippen LogP contribution >= 0.6 is 0 Å². The maximum Gasteiger partial charge on any atom is 0.433 e. The lowest BCUT2D eigenvalue weighted by Crippen LogP contribution is -2.40. The molecule has 2 saturated heterocycles. The van der Waals surface area contributed by atoms with Crippen LogP contribution in [-0.2, 0) is 20.4 Å². The summed E-state index contributed by atoms with van der Waals surface area (Å²) < 4.78 is 51.9. The molecule has 2 fully saturated rings. The van der Waals surface area contributed by atoms with Crippen LogP contribution in [0.3, 0.4) is 0 Å². The maximum atomic E-state index is 13.4. The zero-order valence-electron chi connectivity index (χ0n) is 16.5. The van der Waals surface area contributed by atoms with Crippen molar-refractivity contribution in [1.82, 2.24) is 24.5 Å². The molecule has 1 unspecified atom stereocenters. The Morgan fingerprint density at radius 3 is 2.73 bits per heavy atom. The van der Waals surface area contributed by atoms with Crippen LogP contribution in [0.5, 0.6) is 0 Å². The molecule has 0 bridgehead atoms. The minimum Gasteiger partial charge on any atom is -0.376 e. The van der Waals surface area contributed by atoms with Gasteiger partial charge in [-0.05, 0) is 38.2 Å². The Kier molecular flexibility index (Phi) is 6.19. The van der Waals surface area contributed by atoms with E-state index in [0.29, 0.717) is 42.7 Å². The molecule has 30 heavy (non-hydrogen) atoms. The number of amides is 1. The van der Waals surface area contributed by atoms with Crippen molar-refractivity contribution >= 4 is 11.7 Å². The third-order valence-corrected chi connectivity index (χ3v) is 5.63. The second-order valence-electron chi connectivity index (χ2n) is 7.69. The predicted molar refractivity (Wildman–Crippen MR) is 98.7 cm³/mol. The first-order valence-electron chi connectivity index (χ1n) is 10.2. The highest BCUT2D eigenvalue weighted by atomic mass is 19.4. The number of hydrogen-bond acceptors (Lipinski definition) is 6. The van der Waals surface area contributed by atoms with Gasteiger partial charge in [0.15, 0.2) is 5.69 Å². The fourth-order valence-corrected chi connectivity index (χ4v) is 3.97. The van der Waals surface area contributed by atoms with Crippen LogP contribution in [0.4, 0.5) is 13.2 Å². The summed E-state index contributed by atoms with van der Waals surface area (Å²) in [5.74, 6) is -0.355. The van der Waals surface area contributed by atoms with Crippen LogP contribution in [0, 0.1) is 0 Å². The Morgan fingerprint density at radius 2 is 2.03 bits per heavy atom. The van der Waals surface area contributed by atoms with E-state index >= 15 is 0 Å². The number of aromatic nitrogens is 4. The summed E-state index contributed by atoms with van der Waals surface area (Å²) in [5, 5.41) is 3.62. The molecule has 2 aliphatic heterocycles. The van der Waals surface area contributed by atoms with Gasteiger partial charge in [0.05, 0.1) is 12.7 Å². The molecule has 8 nitrogen and oxygen atoms in total. The van der Waals surface area contributed by atoms with E-state index in [1.165, 1.54) is 0 Å². The largest absolute Gasteiger partial charge is 0.433 e. The zero-order valence-corrected chi connectivity index (χ0v) is 16.5. The number of fused-ring (bicyclic) bond motifs is 1. The van der Waals surface area contributed by atoms with Crippen LogP contribution in [0.1, 0.15) is 49.4 Å². The number of carbonyl (C=O) groups excluding carboxylic acids is 1. The molecule has 0 radical (unpaired) electrons. The number of halogens is 3. The molecule has 4 rings (SSSR count). The molecule has 1 atom stereocenters. The second kappa shape index (κ2) is 8.84. The normalized spacial score (nSPS) is 21.3. The quantitative estimate of drug-likeness (QED) is 0.729. The van der Waals surface area contributed by atoms with Crippen LogP contribution in [0.15, 0.2) is 12.4 Å². The van der Waals surface area contributed by atoms with Crippen molar-refractivity contribution < 1.29 is 27.4 Å². The highest BCUT2D eigenvalue weighted by Gasteiger charge is 2.36. The highest BCUT2D eigenvalue weighted by molar-refractivity contribution is 5.77. The lowest BCUT2D eigenvalue weighted by molar-refractivity contribution is -0.142. The second-order valence-corrected chi connectivity index (χ2v) is 7.69. The van der Waals surface area contributed by atoms with Crippen molar-refractivity contribution in [2.45, 2.75) is 50.3 Å². The monoisotopic (exact) mass is 427 g/mol. The van der Waals surface area contributed by atoms with Crippen molar-refractivity contribution in [3.63, 3.8) is 0 Å². The van der Waals surface area contributed by atoms with E-state index in [2.05, 4.69) is 15.1 Å². The Morgan fingerprint density at radius 1 is 1.23 bits per heavy atom. The van der Waals surface area contributed by atoms with Crippen molar-refractivity contribution in [3.05, 3.63) is 23.8 Å². The SMILES string of the molecule is O=C(COCC1CCCCO1)N1CCC(c2cc(C(F)(F)F)n3ncnc3n2)CC1. The topological polar surface area (TPSA) is 81.9 Å². The summed E-state index contributed by atoms with van der Waals surface area (Å²) in [6.07, 6.45) is 0.744. The van der Waals surface area contributed by atoms with Crippen molar-refractivity contribution in [2.24, 2.45) is 0 Å². The number of ether oxygens (including phenoxy) is 2. The first-order valence-corrected chi connectivity index (χ1v) is 10.2. The summed E-state index contributed by atoms with van der Waals surface area (Å²) in [7, 11) is 0. The smallest absolute Gasteiger partial charge is 0.376 e. The van der Waals surface area contributed by atoms with Gasteiger partial charge in [0, 0.05) is 31.3 Å². The standard InChI is InChI=1S/C19H24F3N5O3/c20-19(21,22)16-9-15(25-18-23-12-24-27(16)18)13-4-6-26(7-5-13)17(28)11-29-10-14-3-1-2-8-30-14/h9,12-14H,1-8,10-11H2. The Labute approximate surface area is 171 Å². The van der Waals surface area contributed by atoms with Gasteiger partial charge in [-0.15, -0.1) is 0 Å². The van der Waals surface area contributed by atoms with Crippen molar-refractivity contribution in [3.8, 4) is 0 Å². The number of hydrogen-bond donors (Lipinski definition) is 0. The van der Waals surface area contributed by atoms with Crippen molar-refractivity contribution in [2.75, 3.05) is 32.9 Å². The molecule has 2 aromatic heterocycles. The van der Waals surface area contributed by atoms with Gasteiger partial charge in [0.25, 0.3) is 5.78 Å². The fraction of sp³-hybridized carbons (Fsp3) is 0.684. The van der Waals surface area contributed by atoms with Gasteiger partial charge in [-0.25, -0.2) is 4.98 Å². The van der Waals surface area contributed by atoms with Crippen LogP contribution < -0.4 is 0 Å². The lowest BCUT2D eigenvalue weighted by atomic mass is 9.93. The van der Waals surface area contributed by atoms with E-state index in [1.807, 2.05) is 0 Å². The summed E-state index contributed by atoms with van der Waals surface area (Å²) >= 11 is 0. The van der Waals surface area contributed by atoms with Gasteiger partial charge in [0.1, 0.15) is 12.9 Å². The molecule has 11 heteroatoms. The van der Waals surface area contributed by atoms with E-state index in [4.69, 9.17) is 9.47 Å². The first kappa shape index (κ1) is 21.0. The first-order chi connectivity index (χ1) is 14.4. The van der Waals surface area contributed by atoms with Gasteiger partial charge in [0.2, 0.25) is 5.91 Å². The van der Waals surface area contributed by atoms with Crippen molar-refractivity contribution in [1.29, 1.82) is 0 Å². The fourth-order valence-electron chi connectivity index (χ4n) is 3.97. The molecule has 0 aliphatic carbocycles. The average molecular weight is 427 g/mol. The number of alkyl halides is 3. The zero-order chi connectivity index (χ0) is 21.1. The number of likely N-dealkylation sites (tertiary alicyclic amines) is 1. The molecule has 164 valence electrons. The molecule has 0 aromatic carbocycles. The summed E-state index contributed by atoms with van der Waals surface area (Å²) in [4.78, 5) is 22.1. The predicted octanol–water partition coefficient (Wildman–Crippen LogP) is 2.43. The van der Waals surface area contributed by atoms with Crippen LogP contribution in [0.25, 0.3) is 5.78 Å². The van der Waals surface area contributed by atoms with E-state index < -0.39 is 11.9 Å². The van der Waals surface area contributed by atoms with E-state index in [1.54, 1.807) is 4.90 Å². The molecule has 0 N–H and O–H groups in total. The number of nitrogens with zero attached hydrogens (tertiary/aromatic N) is 5. The minimum atomic E-state index is -4.56. The molecular weight excluding hydrogens is 403 g/mol. The summed E-state index contributed by atoms with van der Waals surface area (Å²) in [6.45, 7) is 2.04. The Hall–Kier alpha value is -2.27. The molecule has 4 heterocycles. The van der Waals surface area contributed by atoms with E-state index in [9.17, 15) is 18.0 Å². The van der Waals surface area contributed by atoms with E-state index in [-0.39, 0.29) is 30.3 Å². The lowest BCUT2D eigenvalue weighted by Gasteiger charge is -2.32. The number of piperidine rings is 1. The molecule has 0 saturated carbocycles.